The third kappa shape index (κ3) is 3.98. The molecule has 0 saturated heterocycles. The van der Waals surface area contributed by atoms with Crippen LogP contribution in [0.1, 0.15) is 26.3 Å². The summed E-state index contributed by atoms with van der Waals surface area (Å²) in [5, 5.41) is 3.39. The van der Waals surface area contributed by atoms with Crippen molar-refractivity contribution < 1.29 is 8.78 Å². The third-order valence-electron chi connectivity index (χ3n) is 3.90. The predicted octanol–water partition coefficient (Wildman–Crippen LogP) is 2.83. The van der Waals surface area contributed by atoms with E-state index in [2.05, 4.69) is 24.1 Å². The molecule has 0 aromatic heterocycles. The highest BCUT2D eigenvalue weighted by molar-refractivity contribution is 5.20. The van der Waals surface area contributed by atoms with E-state index in [-0.39, 0.29) is 11.6 Å². The Kier molecular flexibility index (Phi) is 5.44. The van der Waals surface area contributed by atoms with Crippen LogP contribution in [-0.2, 0) is 6.42 Å². The molecule has 1 aromatic carbocycles. The van der Waals surface area contributed by atoms with Crippen molar-refractivity contribution in [2.24, 2.45) is 0 Å². The molecule has 0 heterocycles. The Bertz CT molecular complexity index is 417. The van der Waals surface area contributed by atoms with Crippen LogP contribution in [0.3, 0.4) is 0 Å². The summed E-state index contributed by atoms with van der Waals surface area (Å²) >= 11 is 0. The molecular formula is C15H24F2N2. The van der Waals surface area contributed by atoms with E-state index >= 15 is 0 Å². The van der Waals surface area contributed by atoms with Crippen molar-refractivity contribution in [1.82, 2.24) is 10.2 Å². The molecule has 0 aliphatic heterocycles. The molecule has 4 heteroatoms. The molecule has 0 amide bonds. The van der Waals surface area contributed by atoms with Crippen molar-refractivity contribution >= 4 is 0 Å². The minimum absolute atomic E-state index is 0.0902. The Balaban J connectivity index is 2.95. The van der Waals surface area contributed by atoms with Gasteiger partial charge in [-0.3, -0.25) is 0 Å². The lowest BCUT2D eigenvalue weighted by atomic mass is 9.88. The summed E-state index contributed by atoms with van der Waals surface area (Å²) in [6.07, 6.45) is 0.533. The molecule has 0 radical (unpaired) electrons. The van der Waals surface area contributed by atoms with Crippen LogP contribution in [0.2, 0.25) is 0 Å². The Morgan fingerprint density at radius 2 is 1.89 bits per heavy atom. The van der Waals surface area contributed by atoms with Crippen molar-refractivity contribution in [3.05, 3.63) is 35.4 Å². The Labute approximate surface area is 114 Å². The number of benzene rings is 1. The molecule has 108 valence electrons. The summed E-state index contributed by atoms with van der Waals surface area (Å²) in [4.78, 5) is 2.11. The molecule has 1 rings (SSSR count). The molecule has 0 aliphatic carbocycles. The topological polar surface area (TPSA) is 15.3 Å². The van der Waals surface area contributed by atoms with Crippen LogP contribution in [-0.4, -0.2) is 37.1 Å². The number of rotatable bonds is 6. The average molecular weight is 270 g/mol. The molecule has 0 bridgehead atoms. The second-order valence-electron chi connectivity index (χ2n) is 5.60. The summed E-state index contributed by atoms with van der Waals surface area (Å²) in [7, 11) is 4.01. The third-order valence-corrected chi connectivity index (χ3v) is 3.90. The van der Waals surface area contributed by atoms with Crippen molar-refractivity contribution in [2.75, 3.05) is 20.6 Å². The number of hydrogen-bond donors (Lipinski definition) is 1. The highest BCUT2D eigenvalue weighted by Crippen LogP contribution is 2.21. The van der Waals surface area contributed by atoms with Gasteiger partial charge in [0.05, 0.1) is 0 Å². The molecule has 1 N–H and O–H groups in total. The quantitative estimate of drug-likeness (QED) is 0.855. The van der Waals surface area contributed by atoms with Crippen LogP contribution >= 0.6 is 0 Å². The standard InChI is InChI=1S/C15H24F2N2/c1-6-18-14(15(2,3)19(4)5)9-11-7-8-12(16)10-13(11)17/h7-8,10,14,18H,6,9H2,1-5H3. The van der Waals surface area contributed by atoms with Gasteiger partial charge in [-0.1, -0.05) is 13.0 Å². The molecule has 1 atom stereocenters. The van der Waals surface area contributed by atoms with Crippen LogP contribution in [0.25, 0.3) is 0 Å². The molecule has 2 nitrogen and oxygen atoms in total. The number of likely N-dealkylation sites (N-methyl/N-ethyl adjacent to an activating group) is 2. The van der Waals surface area contributed by atoms with Gasteiger partial charge in [0.25, 0.3) is 0 Å². The van der Waals surface area contributed by atoms with Crippen LogP contribution in [0, 0.1) is 11.6 Å². The zero-order valence-corrected chi connectivity index (χ0v) is 12.4. The average Bonchev–Trinajstić information content (AvgIpc) is 2.31. The van der Waals surface area contributed by atoms with E-state index in [1.807, 2.05) is 21.0 Å². The summed E-state index contributed by atoms with van der Waals surface area (Å²) in [5.41, 5.74) is 0.416. The molecular weight excluding hydrogens is 246 g/mol. The molecule has 1 unspecified atom stereocenters. The maximum Gasteiger partial charge on any atom is 0.129 e. The Morgan fingerprint density at radius 1 is 1.26 bits per heavy atom. The summed E-state index contributed by atoms with van der Waals surface area (Å²) < 4.78 is 26.7. The van der Waals surface area contributed by atoms with Gasteiger partial charge in [-0.15, -0.1) is 0 Å². The van der Waals surface area contributed by atoms with Crippen LogP contribution in [0.4, 0.5) is 8.78 Å². The summed E-state index contributed by atoms with van der Waals surface area (Å²) in [6, 6.07) is 3.87. The van der Waals surface area contributed by atoms with E-state index in [0.29, 0.717) is 12.0 Å². The predicted molar refractivity (Wildman–Crippen MR) is 75.3 cm³/mol. The number of hydrogen-bond acceptors (Lipinski definition) is 2. The van der Waals surface area contributed by atoms with Crippen molar-refractivity contribution in [3.8, 4) is 0 Å². The first kappa shape index (κ1) is 16.1. The van der Waals surface area contributed by atoms with Gasteiger partial charge in [-0.25, -0.2) is 8.78 Å². The first-order valence-corrected chi connectivity index (χ1v) is 6.63. The van der Waals surface area contributed by atoms with Crippen LogP contribution in [0.15, 0.2) is 18.2 Å². The first-order chi connectivity index (χ1) is 8.78. The highest BCUT2D eigenvalue weighted by Gasteiger charge is 2.31. The van der Waals surface area contributed by atoms with Crippen molar-refractivity contribution in [3.63, 3.8) is 0 Å². The minimum Gasteiger partial charge on any atom is -0.312 e. The molecule has 19 heavy (non-hydrogen) atoms. The van der Waals surface area contributed by atoms with Crippen molar-refractivity contribution in [1.29, 1.82) is 0 Å². The van der Waals surface area contributed by atoms with E-state index in [4.69, 9.17) is 0 Å². The lowest BCUT2D eigenvalue weighted by Gasteiger charge is -2.40. The zero-order chi connectivity index (χ0) is 14.6. The smallest absolute Gasteiger partial charge is 0.129 e. The van der Waals surface area contributed by atoms with E-state index < -0.39 is 11.6 Å². The molecule has 0 fully saturated rings. The Morgan fingerprint density at radius 3 is 2.37 bits per heavy atom. The second-order valence-corrected chi connectivity index (χ2v) is 5.60. The normalized spacial score (nSPS) is 13.9. The van der Waals surface area contributed by atoms with Crippen LogP contribution in [0.5, 0.6) is 0 Å². The zero-order valence-electron chi connectivity index (χ0n) is 12.4. The van der Waals surface area contributed by atoms with Gasteiger partial charge in [-0.2, -0.15) is 0 Å². The lowest BCUT2D eigenvalue weighted by molar-refractivity contribution is 0.137. The minimum atomic E-state index is -0.534. The second kappa shape index (κ2) is 6.44. The highest BCUT2D eigenvalue weighted by atomic mass is 19.1. The van der Waals surface area contributed by atoms with Gasteiger partial charge in [-0.05, 0) is 52.5 Å². The van der Waals surface area contributed by atoms with E-state index in [0.717, 1.165) is 12.6 Å². The van der Waals surface area contributed by atoms with Gasteiger partial charge in [0.15, 0.2) is 0 Å². The lowest BCUT2D eigenvalue weighted by Crippen LogP contribution is -2.56. The van der Waals surface area contributed by atoms with E-state index in [1.54, 1.807) is 0 Å². The van der Waals surface area contributed by atoms with E-state index in [9.17, 15) is 8.78 Å². The molecule has 0 spiro atoms. The van der Waals surface area contributed by atoms with Gasteiger partial charge in [0.2, 0.25) is 0 Å². The fraction of sp³-hybridized carbons (Fsp3) is 0.600. The van der Waals surface area contributed by atoms with Gasteiger partial charge in [0, 0.05) is 17.6 Å². The maximum absolute atomic E-state index is 13.8. The van der Waals surface area contributed by atoms with Crippen molar-refractivity contribution in [2.45, 2.75) is 38.8 Å². The summed E-state index contributed by atoms with van der Waals surface area (Å²) in [5.74, 6) is -1.01. The fourth-order valence-electron chi connectivity index (χ4n) is 2.04. The largest absolute Gasteiger partial charge is 0.312 e. The first-order valence-electron chi connectivity index (χ1n) is 6.63. The number of nitrogens with one attached hydrogen (secondary N) is 1. The van der Waals surface area contributed by atoms with Gasteiger partial charge in [0.1, 0.15) is 11.6 Å². The molecule has 0 aliphatic rings. The monoisotopic (exact) mass is 270 g/mol. The van der Waals surface area contributed by atoms with Gasteiger partial charge < -0.3 is 10.2 Å². The number of halogens is 2. The fourth-order valence-corrected chi connectivity index (χ4v) is 2.04. The molecule has 1 aromatic rings. The van der Waals surface area contributed by atoms with Gasteiger partial charge >= 0.3 is 0 Å². The van der Waals surface area contributed by atoms with E-state index in [1.165, 1.54) is 12.1 Å². The maximum atomic E-state index is 13.8. The summed E-state index contributed by atoms with van der Waals surface area (Å²) in [6.45, 7) is 7.06. The SMILES string of the molecule is CCNC(Cc1ccc(F)cc1F)C(C)(C)N(C)C. The Hall–Kier alpha value is -1.00. The van der Waals surface area contributed by atoms with Crippen LogP contribution < -0.4 is 5.32 Å². The number of nitrogens with zero attached hydrogens (tertiary/aromatic N) is 1. The molecule has 0 saturated carbocycles.